The smallest absolute Gasteiger partial charge is 0.218 e. The minimum Gasteiger partial charge on any atom is -0.477 e. The van der Waals surface area contributed by atoms with Gasteiger partial charge in [-0.05, 0) is 32.4 Å². The van der Waals surface area contributed by atoms with Crippen molar-refractivity contribution in [1.82, 2.24) is 25.1 Å². The van der Waals surface area contributed by atoms with Crippen molar-refractivity contribution in [3.8, 4) is 5.88 Å². The number of hydrogen-bond donors (Lipinski definition) is 1. The molecule has 3 aromatic heterocycles. The Bertz CT molecular complexity index is 932. The van der Waals surface area contributed by atoms with E-state index in [0.717, 1.165) is 22.1 Å². The highest BCUT2D eigenvalue weighted by molar-refractivity contribution is 7.11. The van der Waals surface area contributed by atoms with Crippen molar-refractivity contribution in [3.63, 3.8) is 0 Å². The Hall–Kier alpha value is -2.68. The highest BCUT2D eigenvalue weighted by atomic mass is 32.1. The summed E-state index contributed by atoms with van der Waals surface area (Å²) in [6.45, 7) is 4.86. The second-order valence-electron chi connectivity index (χ2n) is 6.52. The Balaban J connectivity index is 1.32. The van der Waals surface area contributed by atoms with Gasteiger partial charge in [0.15, 0.2) is 0 Å². The van der Waals surface area contributed by atoms with Crippen LogP contribution in [-0.4, -0.2) is 31.8 Å². The zero-order valence-electron chi connectivity index (χ0n) is 15.0. The van der Waals surface area contributed by atoms with Crippen LogP contribution in [0.5, 0.6) is 5.88 Å². The molecule has 1 fully saturated rings. The predicted octanol–water partition coefficient (Wildman–Crippen LogP) is 3.27. The van der Waals surface area contributed by atoms with Gasteiger partial charge in [0.1, 0.15) is 27.5 Å². The first-order chi connectivity index (χ1) is 13.1. The molecule has 4 rings (SSSR count). The lowest BCUT2D eigenvalue weighted by Gasteiger charge is -2.09. The summed E-state index contributed by atoms with van der Waals surface area (Å²) < 4.78 is 18.8. The third-order valence-corrected chi connectivity index (χ3v) is 5.14. The molecule has 1 N–H and O–H groups in total. The summed E-state index contributed by atoms with van der Waals surface area (Å²) in [5.74, 6) is 2.25. The van der Waals surface area contributed by atoms with Crippen LogP contribution in [0.2, 0.25) is 0 Å². The van der Waals surface area contributed by atoms with Crippen molar-refractivity contribution in [3.05, 3.63) is 51.7 Å². The van der Waals surface area contributed by atoms with E-state index >= 15 is 0 Å². The SMILES string of the molecule is Cc1nc(NCc2nnc(C)s2)cc(OC[C@H]2C[C@@H]2c2ccc(F)cn2)n1. The molecule has 0 radical (unpaired) electrons. The van der Waals surface area contributed by atoms with Gasteiger partial charge in [-0.3, -0.25) is 4.98 Å². The molecule has 1 saturated carbocycles. The van der Waals surface area contributed by atoms with Crippen molar-refractivity contribution < 1.29 is 9.13 Å². The molecule has 0 saturated heterocycles. The van der Waals surface area contributed by atoms with Crippen LogP contribution >= 0.6 is 11.3 Å². The molecule has 1 aliphatic carbocycles. The molecule has 9 heteroatoms. The fourth-order valence-electron chi connectivity index (χ4n) is 2.87. The molecule has 1 aliphatic rings. The topological polar surface area (TPSA) is 85.7 Å². The normalized spacial score (nSPS) is 18.3. The van der Waals surface area contributed by atoms with Crippen molar-refractivity contribution in [2.75, 3.05) is 11.9 Å². The molecule has 0 amide bonds. The van der Waals surface area contributed by atoms with Crippen molar-refractivity contribution in [1.29, 1.82) is 0 Å². The Morgan fingerprint density at radius 3 is 2.89 bits per heavy atom. The second-order valence-corrected chi connectivity index (χ2v) is 7.79. The van der Waals surface area contributed by atoms with E-state index in [1.165, 1.54) is 12.3 Å². The lowest BCUT2D eigenvalue weighted by Crippen LogP contribution is -2.07. The van der Waals surface area contributed by atoms with Crippen LogP contribution in [0, 0.1) is 25.6 Å². The molecular formula is C18H19FN6OS. The Morgan fingerprint density at radius 1 is 1.26 bits per heavy atom. The fraction of sp³-hybridized carbons (Fsp3) is 0.389. The zero-order valence-corrected chi connectivity index (χ0v) is 15.8. The molecule has 140 valence electrons. The summed E-state index contributed by atoms with van der Waals surface area (Å²) in [4.78, 5) is 12.9. The predicted molar refractivity (Wildman–Crippen MR) is 99.3 cm³/mol. The number of hydrogen-bond acceptors (Lipinski definition) is 8. The van der Waals surface area contributed by atoms with Crippen LogP contribution in [-0.2, 0) is 6.54 Å². The van der Waals surface area contributed by atoms with Gasteiger partial charge in [0.25, 0.3) is 0 Å². The molecule has 0 bridgehead atoms. The lowest BCUT2D eigenvalue weighted by molar-refractivity contribution is 0.284. The Labute approximate surface area is 160 Å². The molecule has 0 spiro atoms. The van der Waals surface area contributed by atoms with E-state index in [-0.39, 0.29) is 5.82 Å². The van der Waals surface area contributed by atoms with Gasteiger partial charge in [-0.2, -0.15) is 4.98 Å². The van der Waals surface area contributed by atoms with Gasteiger partial charge in [-0.15, -0.1) is 10.2 Å². The van der Waals surface area contributed by atoms with E-state index in [2.05, 4.69) is 30.5 Å². The van der Waals surface area contributed by atoms with Gasteiger partial charge in [0.2, 0.25) is 5.88 Å². The maximum atomic E-state index is 13.0. The summed E-state index contributed by atoms with van der Waals surface area (Å²) in [5.41, 5.74) is 0.915. The van der Waals surface area contributed by atoms with Crippen molar-refractivity contribution in [2.45, 2.75) is 32.7 Å². The summed E-state index contributed by atoms with van der Waals surface area (Å²) in [7, 11) is 0. The first-order valence-electron chi connectivity index (χ1n) is 8.69. The average molecular weight is 386 g/mol. The third kappa shape index (κ3) is 4.54. The van der Waals surface area contributed by atoms with E-state index < -0.39 is 0 Å². The molecule has 3 aromatic rings. The van der Waals surface area contributed by atoms with E-state index in [1.54, 1.807) is 23.5 Å². The van der Waals surface area contributed by atoms with Crippen LogP contribution in [0.15, 0.2) is 24.4 Å². The molecule has 0 aromatic carbocycles. The van der Waals surface area contributed by atoms with Crippen LogP contribution < -0.4 is 10.1 Å². The first-order valence-corrected chi connectivity index (χ1v) is 9.51. The largest absolute Gasteiger partial charge is 0.477 e. The molecule has 0 unspecified atom stereocenters. The monoisotopic (exact) mass is 386 g/mol. The van der Waals surface area contributed by atoms with Gasteiger partial charge in [0, 0.05) is 23.6 Å². The van der Waals surface area contributed by atoms with Gasteiger partial charge < -0.3 is 10.1 Å². The van der Waals surface area contributed by atoms with Gasteiger partial charge in [-0.1, -0.05) is 11.3 Å². The number of pyridine rings is 1. The molecule has 2 atom stereocenters. The van der Waals surface area contributed by atoms with Crippen LogP contribution in [0.25, 0.3) is 0 Å². The van der Waals surface area contributed by atoms with Gasteiger partial charge in [-0.25, -0.2) is 9.37 Å². The van der Waals surface area contributed by atoms with Gasteiger partial charge in [0.05, 0.1) is 19.3 Å². The highest BCUT2D eigenvalue weighted by Crippen LogP contribution is 2.46. The second kappa shape index (κ2) is 7.51. The minimum absolute atomic E-state index is 0.313. The number of ether oxygens (including phenoxy) is 1. The molecular weight excluding hydrogens is 367 g/mol. The maximum Gasteiger partial charge on any atom is 0.218 e. The Kier molecular flexibility index (Phi) is 4.93. The van der Waals surface area contributed by atoms with Gasteiger partial charge >= 0.3 is 0 Å². The minimum atomic E-state index is -0.313. The number of halogens is 1. The molecule has 0 aliphatic heterocycles. The number of anilines is 1. The number of nitrogens with one attached hydrogen (secondary N) is 1. The van der Waals surface area contributed by atoms with Crippen LogP contribution in [0.1, 0.15) is 33.9 Å². The third-order valence-electron chi connectivity index (χ3n) is 4.30. The number of rotatable bonds is 7. The summed E-state index contributed by atoms with van der Waals surface area (Å²) in [5, 5.41) is 13.2. The van der Waals surface area contributed by atoms with Crippen LogP contribution in [0.3, 0.4) is 0 Å². The average Bonchev–Trinajstić information content (AvgIpc) is 3.30. The zero-order chi connectivity index (χ0) is 18.8. The summed E-state index contributed by atoms with van der Waals surface area (Å²) >= 11 is 1.55. The van der Waals surface area contributed by atoms with E-state index in [4.69, 9.17) is 4.74 Å². The van der Waals surface area contributed by atoms with E-state index in [1.807, 2.05) is 13.8 Å². The number of aromatic nitrogens is 5. The molecule has 7 nitrogen and oxygen atoms in total. The molecule has 27 heavy (non-hydrogen) atoms. The summed E-state index contributed by atoms with van der Waals surface area (Å²) in [6.07, 6.45) is 2.25. The number of nitrogens with zero attached hydrogens (tertiary/aromatic N) is 5. The standard InChI is InChI=1S/C18H19FN6OS/c1-10-22-16(21-8-18-25-24-11(2)27-18)6-17(23-10)26-9-12-5-14(12)15-4-3-13(19)7-20-15/h3-4,6-7,12,14H,5,8-9H2,1-2H3,(H,21,22,23)/t12-,14+/m1/s1. The molecule has 3 heterocycles. The van der Waals surface area contributed by atoms with Crippen molar-refractivity contribution in [2.24, 2.45) is 5.92 Å². The van der Waals surface area contributed by atoms with Crippen LogP contribution in [0.4, 0.5) is 10.2 Å². The number of aryl methyl sites for hydroxylation is 2. The maximum absolute atomic E-state index is 13.0. The quantitative estimate of drug-likeness (QED) is 0.667. The van der Waals surface area contributed by atoms with E-state index in [9.17, 15) is 4.39 Å². The highest BCUT2D eigenvalue weighted by Gasteiger charge is 2.40. The first kappa shape index (κ1) is 17.7. The fourth-order valence-corrected chi connectivity index (χ4v) is 3.52. The Morgan fingerprint density at radius 2 is 2.15 bits per heavy atom. The summed E-state index contributed by atoms with van der Waals surface area (Å²) in [6, 6.07) is 4.98. The van der Waals surface area contributed by atoms with Crippen molar-refractivity contribution >= 4 is 17.2 Å². The van der Waals surface area contributed by atoms with E-state index in [0.29, 0.717) is 42.5 Å². The lowest BCUT2D eigenvalue weighted by atomic mass is 10.2.